The summed E-state index contributed by atoms with van der Waals surface area (Å²) in [5.74, 6) is 0.604. The number of nitrogens with zero attached hydrogens (tertiary/aromatic N) is 1. The zero-order valence-electron chi connectivity index (χ0n) is 12.1. The highest BCUT2D eigenvalue weighted by molar-refractivity contribution is 5.76. The Bertz CT molecular complexity index is 238. The topological polar surface area (TPSA) is 41.6 Å². The van der Waals surface area contributed by atoms with Gasteiger partial charge in [-0.25, -0.2) is 0 Å². The number of hydrogen-bond acceptors (Lipinski definition) is 3. The van der Waals surface area contributed by atoms with Gasteiger partial charge in [-0.15, -0.1) is 0 Å². The molecule has 0 aromatic carbocycles. The van der Waals surface area contributed by atoms with E-state index in [1.54, 1.807) is 7.11 Å². The van der Waals surface area contributed by atoms with Crippen LogP contribution in [0, 0.1) is 5.92 Å². The monoisotopic (exact) mass is 256 g/mol. The van der Waals surface area contributed by atoms with Crippen molar-refractivity contribution in [1.82, 2.24) is 10.2 Å². The van der Waals surface area contributed by atoms with Crippen molar-refractivity contribution in [2.24, 2.45) is 5.92 Å². The Kier molecular flexibility index (Phi) is 7.28. The zero-order valence-corrected chi connectivity index (χ0v) is 12.1. The summed E-state index contributed by atoms with van der Waals surface area (Å²) in [6, 6.07) is 0.602. The van der Waals surface area contributed by atoms with Gasteiger partial charge in [0.1, 0.15) is 0 Å². The smallest absolute Gasteiger partial charge is 0.222 e. The number of methoxy groups -OCH3 is 1. The highest BCUT2D eigenvalue weighted by Gasteiger charge is 2.23. The van der Waals surface area contributed by atoms with Crippen LogP contribution < -0.4 is 5.32 Å². The van der Waals surface area contributed by atoms with E-state index in [4.69, 9.17) is 4.74 Å². The lowest BCUT2D eigenvalue weighted by atomic mass is 10.0. The second-order valence-electron chi connectivity index (χ2n) is 5.37. The van der Waals surface area contributed by atoms with Crippen molar-refractivity contribution in [1.29, 1.82) is 0 Å². The van der Waals surface area contributed by atoms with Crippen LogP contribution in [-0.2, 0) is 9.53 Å². The summed E-state index contributed by atoms with van der Waals surface area (Å²) in [7, 11) is 1.69. The predicted molar refractivity (Wildman–Crippen MR) is 73.6 cm³/mol. The molecule has 1 atom stereocenters. The summed E-state index contributed by atoms with van der Waals surface area (Å²) in [5.41, 5.74) is 0. The van der Waals surface area contributed by atoms with E-state index in [2.05, 4.69) is 19.2 Å². The van der Waals surface area contributed by atoms with Crippen molar-refractivity contribution in [3.05, 3.63) is 0 Å². The first-order valence-corrected chi connectivity index (χ1v) is 7.17. The molecule has 0 bridgehead atoms. The lowest BCUT2D eigenvalue weighted by Gasteiger charge is -2.33. The van der Waals surface area contributed by atoms with E-state index in [1.165, 1.54) is 6.42 Å². The van der Waals surface area contributed by atoms with E-state index in [0.717, 1.165) is 32.5 Å². The molecule has 4 nitrogen and oxygen atoms in total. The van der Waals surface area contributed by atoms with Gasteiger partial charge < -0.3 is 15.0 Å². The summed E-state index contributed by atoms with van der Waals surface area (Å²) in [6.45, 7) is 7.81. The molecular weight excluding hydrogens is 228 g/mol. The molecular formula is C14H28N2O2. The standard InChI is InChI=1S/C14H28N2O2/c1-4-7-15-13-5-8-16(9-6-13)14(17)10-12(2)11-18-3/h12-13,15H,4-11H2,1-3H3. The van der Waals surface area contributed by atoms with Gasteiger partial charge in [-0.1, -0.05) is 13.8 Å². The SMILES string of the molecule is CCCNC1CCN(C(=O)CC(C)COC)CC1. The van der Waals surface area contributed by atoms with Gasteiger partial charge in [0.25, 0.3) is 0 Å². The first-order chi connectivity index (χ1) is 8.67. The maximum Gasteiger partial charge on any atom is 0.222 e. The molecule has 1 aliphatic heterocycles. The third-order valence-corrected chi connectivity index (χ3v) is 3.50. The molecule has 1 N–H and O–H groups in total. The summed E-state index contributed by atoms with van der Waals surface area (Å²) in [4.78, 5) is 14.1. The molecule has 18 heavy (non-hydrogen) atoms. The fourth-order valence-corrected chi connectivity index (χ4v) is 2.45. The van der Waals surface area contributed by atoms with E-state index in [1.807, 2.05) is 4.90 Å². The number of likely N-dealkylation sites (tertiary alicyclic amines) is 1. The van der Waals surface area contributed by atoms with E-state index < -0.39 is 0 Å². The number of rotatable bonds is 7. The summed E-state index contributed by atoms with van der Waals surface area (Å²) in [6.07, 6.45) is 3.96. The fraction of sp³-hybridized carbons (Fsp3) is 0.929. The molecule has 0 saturated carbocycles. The molecule has 4 heteroatoms. The second-order valence-corrected chi connectivity index (χ2v) is 5.37. The van der Waals surface area contributed by atoms with Gasteiger partial charge in [0.05, 0.1) is 0 Å². The maximum absolute atomic E-state index is 12.1. The first kappa shape index (κ1) is 15.4. The van der Waals surface area contributed by atoms with Crippen LogP contribution in [0.25, 0.3) is 0 Å². The van der Waals surface area contributed by atoms with Crippen LogP contribution in [0.4, 0.5) is 0 Å². The Hall–Kier alpha value is -0.610. The predicted octanol–water partition coefficient (Wildman–Crippen LogP) is 1.65. The van der Waals surface area contributed by atoms with Crippen molar-refractivity contribution in [2.45, 2.75) is 45.6 Å². The van der Waals surface area contributed by atoms with Gasteiger partial charge in [-0.3, -0.25) is 4.79 Å². The Morgan fingerprint density at radius 3 is 2.67 bits per heavy atom. The van der Waals surface area contributed by atoms with E-state index >= 15 is 0 Å². The molecule has 1 fully saturated rings. The first-order valence-electron chi connectivity index (χ1n) is 7.17. The van der Waals surface area contributed by atoms with Crippen LogP contribution in [0.5, 0.6) is 0 Å². The summed E-state index contributed by atoms with van der Waals surface area (Å²) >= 11 is 0. The van der Waals surface area contributed by atoms with Crippen LogP contribution in [-0.4, -0.2) is 50.2 Å². The van der Waals surface area contributed by atoms with Crippen LogP contribution >= 0.6 is 0 Å². The van der Waals surface area contributed by atoms with Crippen molar-refractivity contribution < 1.29 is 9.53 Å². The Labute approximate surface area is 111 Å². The Morgan fingerprint density at radius 2 is 2.11 bits per heavy atom. The molecule has 0 aliphatic carbocycles. The molecule has 1 unspecified atom stereocenters. The number of ether oxygens (including phenoxy) is 1. The maximum atomic E-state index is 12.1. The molecule has 1 saturated heterocycles. The number of hydrogen-bond donors (Lipinski definition) is 1. The quantitative estimate of drug-likeness (QED) is 0.753. The number of nitrogens with one attached hydrogen (secondary N) is 1. The third-order valence-electron chi connectivity index (χ3n) is 3.50. The third kappa shape index (κ3) is 5.36. The van der Waals surface area contributed by atoms with Crippen LogP contribution in [0.2, 0.25) is 0 Å². The lowest BCUT2D eigenvalue weighted by molar-refractivity contribution is -0.133. The van der Waals surface area contributed by atoms with Crippen molar-refractivity contribution >= 4 is 5.91 Å². The van der Waals surface area contributed by atoms with E-state index in [-0.39, 0.29) is 5.91 Å². The molecule has 0 radical (unpaired) electrons. The van der Waals surface area contributed by atoms with Gasteiger partial charge in [0.15, 0.2) is 0 Å². The molecule has 1 rings (SSSR count). The number of carbonyl (C=O) groups excluding carboxylic acids is 1. The van der Waals surface area contributed by atoms with Crippen LogP contribution in [0.3, 0.4) is 0 Å². The van der Waals surface area contributed by atoms with Gasteiger partial charge in [0.2, 0.25) is 5.91 Å². The largest absolute Gasteiger partial charge is 0.384 e. The lowest BCUT2D eigenvalue weighted by Crippen LogP contribution is -2.45. The molecule has 1 amide bonds. The van der Waals surface area contributed by atoms with Crippen molar-refractivity contribution in [2.75, 3.05) is 33.4 Å². The van der Waals surface area contributed by atoms with Gasteiger partial charge in [-0.2, -0.15) is 0 Å². The van der Waals surface area contributed by atoms with Gasteiger partial charge in [-0.05, 0) is 31.7 Å². The van der Waals surface area contributed by atoms with Gasteiger partial charge in [0, 0.05) is 39.3 Å². The minimum atomic E-state index is 0.286. The van der Waals surface area contributed by atoms with Gasteiger partial charge >= 0.3 is 0 Å². The summed E-state index contributed by atoms with van der Waals surface area (Å²) < 4.78 is 5.07. The highest BCUT2D eigenvalue weighted by Crippen LogP contribution is 2.13. The normalized spacial score (nSPS) is 18.9. The summed E-state index contributed by atoms with van der Waals surface area (Å²) in [5, 5.41) is 3.53. The number of amides is 1. The Morgan fingerprint density at radius 1 is 1.44 bits per heavy atom. The zero-order chi connectivity index (χ0) is 13.4. The highest BCUT2D eigenvalue weighted by atomic mass is 16.5. The van der Waals surface area contributed by atoms with E-state index in [0.29, 0.717) is 25.0 Å². The molecule has 106 valence electrons. The van der Waals surface area contributed by atoms with Crippen molar-refractivity contribution in [3.8, 4) is 0 Å². The fourth-order valence-electron chi connectivity index (χ4n) is 2.45. The number of carbonyl (C=O) groups is 1. The number of piperidine rings is 1. The Balaban J connectivity index is 2.23. The minimum Gasteiger partial charge on any atom is -0.384 e. The van der Waals surface area contributed by atoms with Crippen LogP contribution in [0.1, 0.15) is 39.5 Å². The minimum absolute atomic E-state index is 0.286. The average molecular weight is 256 g/mol. The molecule has 1 heterocycles. The molecule has 0 aromatic heterocycles. The molecule has 0 aromatic rings. The molecule has 1 aliphatic rings. The van der Waals surface area contributed by atoms with Crippen LogP contribution in [0.15, 0.2) is 0 Å². The van der Waals surface area contributed by atoms with Crippen molar-refractivity contribution in [3.63, 3.8) is 0 Å². The second kappa shape index (κ2) is 8.48. The van der Waals surface area contributed by atoms with E-state index in [9.17, 15) is 4.79 Å². The molecule has 0 spiro atoms. The average Bonchev–Trinajstić information content (AvgIpc) is 2.37.